The van der Waals surface area contributed by atoms with Gasteiger partial charge < -0.3 is 25.6 Å². The molecule has 10 nitrogen and oxygen atoms in total. The van der Waals surface area contributed by atoms with Crippen LogP contribution in [0.1, 0.15) is 53.6 Å². The van der Waals surface area contributed by atoms with Crippen molar-refractivity contribution in [1.29, 1.82) is 0 Å². The summed E-state index contributed by atoms with van der Waals surface area (Å²) in [5.74, 6) is -0.395. The minimum absolute atomic E-state index is 0.143. The molecule has 0 bridgehead atoms. The zero-order valence-electron chi connectivity index (χ0n) is 25.7. The van der Waals surface area contributed by atoms with Crippen LogP contribution in [-0.4, -0.2) is 52.0 Å². The second-order valence-electron chi connectivity index (χ2n) is 11.1. The van der Waals surface area contributed by atoms with Crippen molar-refractivity contribution in [2.45, 2.75) is 64.4 Å². The van der Waals surface area contributed by atoms with Crippen molar-refractivity contribution < 1.29 is 19.1 Å². The highest BCUT2D eigenvalue weighted by Crippen LogP contribution is 2.22. The second kappa shape index (κ2) is 17.3. The average Bonchev–Trinajstić information content (AvgIpc) is 3.76. The molecule has 2 heterocycles. The molecule has 4 rings (SSSR count). The summed E-state index contributed by atoms with van der Waals surface area (Å²) in [6.45, 7) is 4.37. The van der Waals surface area contributed by atoms with E-state index in [4.69, 9.17) is 4.74 Å². The number of alkyl carbamates (subject to hydrolysis) is 1. The quantitative estimate of drug-likeness (QED) is 0.147. The van der Waals surface area contributed by atoms with Gasteiger partial charge in [-0.2, -0.15) is 0 Å². The van der Waals surface area contributed by atoms with Gasteiger partial charge in [0.2, 0.25) is 5.91 Å². The van der Waals surface area contributed by atoms with Crippen LogP contribution < -0.4 is 16.0 Å². The standard InChI is InChI=1S/C33H40N6O4S2/c1-23(2)30(38-32(41)39(3)19-27-17-34-21-44-27)31(40)36-26(16-24-10-6-4-7-11-24)14-15-29(25-12-8-5-9-13-25)37-33(42)43-20-28-18-35-22-45-28/h4-13,17-18,21-23,26,29-30H,14-16,19-20H2,1-3H3,(H,36,40)(H,37,42)(H,38,41)/t26-,29-,30-/m0/s1. The number of nitrogens with zero attached hydrogens (tertiary/aromatic N) is 3. The molecule has 2 aromatic heterocycles. The van der Waals surface area contributed by atoms with Crippen LogP contribution in [0.5, 0.6) is 0 Å². The Hall–Kier alpha value is -4.29. The Kier molecular flexibility index (Phi) is 12.9. The predicted molar refractivity (Wildman–Crippen MR) is 177 cm³/mol. The molecule has 2 aromatic carbocycles. The van der Waals surface area contributed by atoms with Gasteiger partial charge in [0.05, 0.1) is 28.5 Å². The van der Waals surface area contributed by atoms with Gasteiger partial charge in [0.1, 0.15) is 12.6 Å². The van der Waals surface area contributed by atoms with Gasteiger partial charge in [0.25, 0.3) is 0 Å². The zero-order chi connectivity index (χ0) is 32.0. The van der Waals surface area contributed by atoms with Gasteiger partial charge in [0.15, 0.2) is 0 Å². The van der Waals surface area contributed by atoms with E-state index in [9.17, 15) is 14.4 Å². The number of hydrogen-bond donors (Lipinski definition) is 3. The first-order valence-electron chi connectivity index (χ1n) is 14.9. The summed E-state index contributed by atoms with van der Waals surface area (Å²) in [6.07, 6.45) is 4.59. The van der Waals surface area contributed by atoms with Gasteiger partial charge >= 0.3 is 12.1 Å². The van der Waals surface area contributed by atoms with Crippen LogP contribution in [0.2, 0.25) is 0 Å². The van der Waals surface area contributed by atoms with Crippen LogP contribution in [0.25, 0.3) is 0 Å². The molecule has 0 saturated carbocycles. The topological polar surface area (TPSA) is 126 Å². The molecule has 238 valence electrons. The van der Waals surface area contributed by atoms with Crippen LogP contribution in [0.4, 0.5) is 9.59 Å². The summed E-state index contributed by atoms with van der Waals surface area (Å²) < 4.78 is 5.46. The summed E-state index contributed by atoms with van der Waals surface area (Å²) in [7, 11) is 1.70. The Bertz CT molecular complexity index is 1450. The Morgan fingerprint density at radius 2 is 1.49 bits per heavy atom. The molecule has 0 radical (unpaired) electrons. The van der Waals surface area contributed by atoms with E-state index in [-0.39, 0.29) is 36.5 Å². The van der Waals surface area contributed by atoms with Gasteiger partial charge in [-0.25, -0.2) is 9.59 Å². The number of aromatic nitrogens is 2. The predicted octanol–water partition coefficient (Wildman–Crippen LogP) is 5.94. The molecule has 45 heavy (non-hydrogen) atoms. The summed E-state index contributed by atoms with van der Waals surface area (Å²) >= 11 is 2.90. The summed E-state index contributed by atoms with van der Waals surface area (Å²) in [4.78, 5) is 51.0. The van der Waals surface area contributed by atoms with Crippen LogP contribution in [-0.2, 0) is 29.1 Å². The fourth-order valence-electron chi connectivity index (χ4n) is 4.83. The first-order valence-corrected chi connectivity index (χ1v) is 16.6. The van der Waals surface area contributed by atoms with E-state index in [0.717, 1.165) is 20.9 Å². The van der Waals surface area contributed by atoms with Crippen molar-refractivity contribution in [2.24, 2.45) is 5.92 Å². The van der Waals surface area contributed by atoms with Crippen LogP contribution >= 0.6 is 22.7 Å². The van der Waals surface area contributed by atoms with Crippen molar-refractivity contribution in [3.63, 3.8) is 0 Å². The Morgan fingerprint density at radius 3 is 2.11 bits per heavy atom. The molecule has 3 N–H and O–H groups in total. The molecule has 12 heteroatoms. The number of ether oxygens (including phenoxy) is 1. The first-order chi connectivity index (χ1) is 21.8. The van der Waals surface area contributed by atoms with Gasteiger partial charge in [-0.05, 0) is 36.3 Å². The van der Waals surface area contributed by atoms with E-state index in [2.05, 4.69) is 25.9 Å². The molecule has 0 aliphatic heterocycles. The maximum absolute atomic E-state index is 13.7. The molecule has 4 amide bonds. The number of hydrogen-bond acceptors (Lipinski definition) is 8. The smallest absolute Gasteiger partial charge is 0.407 e. The summed E-state index contributed by atoms with van der Waals surface area (Å²) in [5.41, 5.74) is 5.43. The van der Waals surface area contributed by atoms with Crippen molar-refractivity contribution >= 4 is 40.7 Å². The third kappa shape index (κ3) is 11.0. The highest BCUT2D eigenvalue weighted by molar-refractivity contribution is 7.09. The molecule has 3 atom stereocenters. The van der Waals surface area contributed by atoms with E-state index < -0.39 is 12.1 Å². The minimum atomic E-state index is -0.732. The molecular weight excluding hydrogens is 609 g/mol. The van der Waals surface area contributed by atoms with Crippen molar-refractivity contribution in [2.75, 3.05) is 7.05 Å². The monoisotopic (exact) mass is 648 g/mol. The van der Waals surface area contributed by atoms with Gasteiger partial charge in [-0.15, -0.1) is 22.7 Å². The highest BCUT2D eigenvalue weighted by Gasteiger charge is 2.28. The number of thiazole rings is 2. The molecule has 0 unspecified atom stereocenters. The molecule has 0 fully saturated rings. The fourth-order valence-corrected chi connectivity index (χ4v) is 5.98. The SMILES string of the molecule is CC(C)[C@H](NC(=O)N(C)Cc1cncs1)C(=O)N[C@@H](CC[C@H](NC(=O)OCc1cncs1)c1ccccc1)Cc1ccccc1. The lowest BCUT2D eigenvalue weighted by atomic mass is 9.95. The van der Waals surface area contributed by atoms with Crippen LogP contribution in [0, 0.1) is 5.92 Å². The first kappa shape index (κ1) is 33.6. The molecule has 0 aliphatic carbocycles. The summed E-state index contributed by atoms with van der Waals surface area (Å²) in [5, 5.41) is 9.14. The lowest BCUT2D eigenvalue weighted by Gasteiger charge is -2.28. The Balaban J connectivity index is 1.44. The third-order valence-electron chi connectivity index (χ3n) is 7.25. The number of amides is 4. The Morgan fingerprint density at radius 1 is 0.844 bits per heavy atom. The summed E-state index contributed by atoms with van der Waals surface area (Å²) in [6, 6.07) is 18.0. The number of carbonyl (C=O) groups excluding carboxylic acids is 3. The average molecular weight is 649 g/mol. The van der Waals surface area contributed by atoms with E-state index >= 15 is 0 Å². The molecule has 0 saturated heterocycles. The maximum atomic E-state index is 13.7. The molecule has 4 aromatic rings. The largest absolute Gasteiger partial charge is 0.444 e. The molecule has 0 aliphatic rings. The highest BCUT2D eigenvalue weighted by atomic mass is 32.1. The van der Waals surface area contributed by atoms with E-state index in [1.165, 1.54) is 22.7 Å². The lowest BCUT2D eigenvalue weighted by Crippen LogP contribution is -2.54. The van der Waals surface area contributed by atoms with Crippen LogP contribution in [0.3, 0.4) is 0 Å². The second-order valence-corrected chi connectivity index (χ2v) is 13.1. The van der Waals surface area contributed by atoms with Gasteiger partial charge in [0, 0.05) is 30.4 Å². The number of carbonyl (C=O) groups is 3. The van der Waals surface area contributed by atoms with Gasteiger partial charge in [-0.3, -0.25) is 14.8 Å². The molecule has 0 spiro atoms. The number of urea groups is 1. The van der Waals surface area contributed by atoms with Crippen molar-refractivity contribution in [3.8, 4) is 0 Å². The normalized spacial score (nSPS) is 13.0. The third-order valence-corrected chi connectivity index (χ3v) is 8.77. The van der Waals surface area contributed by atoms with Crippen LogP contribution in [0.15, 0.2) is 84.1 Å². The number of rotatable bonds is 15. The van der Waals surface area contributed by atoms with Crippen molar-refractivity contribution in [1.82, 2.24) is 30.8 Å². The van der Waals surface area contributed by atoms with Gasteiger partial charge in [-0.1, -0.05) is 74.5 Å². The number of benzene rings is 2. The maximum Gasteiger partial charge on any atom is 0.407 e. The molecular formula is C33H40N6O4S2. The van der Waals surface area contributed by atoms with E-state index in [1.54, 1.807) is 35.4 Å². The fraction of sp³-hybridized carbons (Fsp3) is 0.364. The van der Waals surface area contributed by atoms with E-state index in [1.807, 2.05) is 74.5 Å². The van der Waals surface area contributed by atoms with E-state index in [0.29, 0.717) is 25.8 Å². The number of nitrogens with one attached hydrogen (secondary N) is 3. The minimum Gasteiger partial charge on any atom is -0.444 e. The lowest BCUT2D eigenvalue weighted by molar-refractivity contribution is -0.124. The van der Waals surface area contributed by atoms with Crippen molar-refractivity contribution in [3.05, 3.63) is 105 Å². The zero-order valence-corrected chi connectivity index (χ0v) is 27.4. The Labute approximate surface area is 272 Å².